The molecule has 0 spiro atoms. The van der Waals surface area contributed by atoms with E-state index in [1.54, 1.807) is 0 Å². The van der Waals surface area contributed by atoms with Crippen LogP contribution in [0, 0.1) is 0 Å². The van der Waals surface area contributed by atoms with E-state index in [1.165, 1.54) is 0 Å². The Labute approximate surface area is 67.3 Å². The molecule has 3 heteroatoms. The predicted molar refractivity (Wildman–Crippen MR) is 41.2 cm³/mol. The van der Waals surface area contributed by atoms with Crippen molar-refractivity contribution in [3.63, 3.8) is 0 Å². The molecule has 66 valence electrons. The third kappa shape index (κ3) is 2.15. The zero-order valence-electron chi connectivity index (χ0n) is 7.33. The smallest absolute Gasteiger partial charge is 0.163 e. The Morgan fingerprint density at radius 3 is 2.36 bits per heavy atom. The van der Waals surface area contributed by atoms with Crippen molar-refractivity contribution in [2.24, 2.45) is 0 Å². The summed E-state index contributed by atoms with van der Waals surface area (Å²) in [6.07, 6.45) is 0.803. The molecule has 1 rings (SSSR count). The van der Waals surface area contributed by atoms with Crippen molar-refractivity contribution in [1.82, 2.24) is 0 Å². The van der Waals surface area contributed by atoms with E-state index in [0.29, 0.717) is 6.42 Å². The molecular weight excluding hydrogens is 144 g/mol. The summed E-state index contributed by atoms with van der Waals surface area (Å²) in [7, 11) is 0. The Morgan fingerprint density at radius 2 is 2.00 bits per heavy atom. The molecule has 0 unspecified atom stereocenters. The van der Waals surface area contributed by atoms with E-state index in [4.69, 9.17) is 14.6 Å². The summed E-state index contributed by atoms with van der Waals surface area (Å²) in [4.78, 5) is 0. The number of aliphatic hydroxyl groups is 1. The fourth-order valence-corrected chi connectivity index (χ4v) is 1.43. The molecule has 1 aliphatic rings. The van der Waals surface area contributed by atoms with Gasteiger partial charge in [-0.05, 0) is 27.2 Å². The van der Waals surface area contributed by atoms with Crippen LogP contribution in [-0.2, 0) is 9.47 Å². The molecule has 1 heterocycles. The van der Waals surface area contributed by atoms with Crippen molar-refractivity contribution in [2.45, 2.75) is 45.2 Å². The predicted octanol–water partition coefficient (Wildman–Crippen LogP) is 0.909. The molecule has 0 aromatic rings. The zero-order valence-corrected chi connectivity index (χ0v) is 7.33. The van der Waals surface area contributed by atoms with Gasteiger partial charge >= 0.3 is 0 Å². The highest BCUT2D eigenvalue weighted by molar-refractivity contribution is 4.77. The fourth-order valence-electron chi connectivity index (χ4n) is 1.43. The van der Waals surface area contributed by atoms with E-state index >= 15 is 0 Å². The minimum absolute atomic E-state index is 0.0509. The molecule has 1 fully saturated rings. The Kier molecular flexibility index (Phi) is 2.52. The summed E-state index contributed by atoms with van der Waals surface area (Å²) in [5.74, 6) is -0.473. The van der Waals surface area contributed by atoms with E-state index in [-0.39, 0.29) is 18.8 Å². The number of hydrogen-bond donors (Lipinski definition) is 1. The Bertz CT molecular complexity index is 133. The molecule has 0 amide bonds. The van der Waals surface area contributed by atoms with Gasteiger partial charge in [-0.25, -0.2) is 0 Å². The van der Waals surface area contributed by atoms with E-state index in [2.05, 4.69) is 0 Å². The van der Waals surface area contributed by atoms with Crippen LogP contribution in [0.1, 0.15) is 27.2 Å². The molecular formula is C8H16O3. The maximum Gasteiger partial charge on any atom is 0.163 e. The maximum absolute atomic E-state index is 8.68. The number of rotatable bonds is 2. The average molecular weight is 160 g/mol. The van der Waals surface area contributed by atoms with Crippen molar-refractivity contribution >= 4 is 0 Å². The van der Waals surface area contributed by atoms with Crippen LogP contribution in [0.3, 0.4) is 0 Å². The monoisotopic (exact) mass is 160 g/mol. The molecule has 0 aromatic carbocycles. The Balaban J connectivity index is 2.45. The van der Waals surface area contributed by atoms with Gasteiger partial charge in [-0.3, -0.25) is 0 Å². The number of ether oxygens (including phenoxy) is 2. The molecule has 1 N–H and O–H groups in total. The quantitative estimate of drug-likeness (QED) is 0.652. The molecule has 3 nitrogen and oxygen atoms in total. The molecule has 0 radical (unpaired) electrons. The highest BCUT2D eigenvalue weighted by Crippen LogP contribution is 2.29. The fraction of sp³-hybridized carbons (Fsp3) is 1.00. The maximum atomic E-state index is 8.68. The van der Waals surface area contributed by atoms with Crippen LogP contribution < -0.4 is 0 Å². The molecule has 1 saturated heterocycles. The van der Waals surface area contributed by atoms with Crippen LogP contribution in [0.4, 0.5) is 0 Å². The van der Waals surface area contributed by atoms with Crippen molar-refractivity contribution in [1.29, 1.82) is 0 Å². The number of aliphatic hydroxyl groups excluding tert-OH is 1. The summed E-state index contributed by atoms with van der Waals surface area (Å²) in [6, 6.07) is 0. The first-order chi connectivity index (χ1) is 5.05. The average Bonchev–Trinajstić information content (AvgIpc) is 2.07. The SMILES string of the molecule is C[C@@H]1OC(C)(C)O[C@H]1CCO. The third-order valence-corrected chi connectivity index (χ3v) is 1.84. The van der Waals surface area contributed by atoms with Gasteiger partial charge in [0.05, 0.1) is 12.2 Å². The summed E-state index contributed by atoms with van der Waals surface area (Å²) >= 11 is 0. The Hall–Kier alpha value is -0.120. The standard InChI is InChI=1S/C8H16O3/c1-6-7(4-5-9)11-8(2,3)10-6/h6-7,9H,4-5H2,1-3H3/t6-,7-/m0/s1. The lowest BCUT2D eigenvalue weighted by Gasteiger charge is -2.16. The first-order valence-corrected chi connectivity index (χ1v) is 4.01. The van der Waals surface area contributed by atoms with Gasteiger partial charge in [0.1, 0.15) is 0 Å². The second-order valence-corrected chi connectivity index (χ2v) is 3.39. The summed E-state index contributed by atoms with van der Waals surface area (Å²) in [5, 5.41) is 8.68. The van der Waals surface area contributed by atoms with Crippen molar-refractivity contribution in [3.05, 3.63) is 0 Å². The molecule has 0 bridgehead atoms. The third-order valence-electron chi connectivity index (χ3n) is 1.84. The van der Waals surface area contributed by atoms with Gasteiger partial charge in [0.15, 0.2) is 5.79 Å². The molecule has 0 saturated carbocycles. The molecule has 0 aliphatic carbocycles. The van der Waals surface area contributed by atoms with E-state index in [1.807, 2.05) is 20.8 Å². The van der Waals surface area contributed by atoms with Crippen LogP contribution in [0.2, 0.25) is 0 Å². The number of hydrogen-bond acceptors (Lipinski definition) is 3. The normalized spacial score (nSPS) is 36.0. The molecule has 1 aliphatic heterocycles. The zero-order chi connectivity index (χ0) is 8.48. The highest BCUT2D eigenvalue weighted by atomic mass is 16.7. The van der Waals surface area contributed by atoms with Crippen LogP contribution in [0.15, 0.2) is 0 Å². The van der Waals surface area contributed by atoms with E-state index in [0.717, 1.165) is 0 Å². The van der Waals surface area contributed by atoms with E-state index in [9.17, 15) is 0 Å². The summed E-state index contributed by atoms with van der Waals surface area (Å²) in [6.45, 7) is 5.91. The molecule has 11 heavy (non-hydrogen) atoms. The Morgan fingerprint density at radius 1 is 1.36 bits per heavy atom. The van der Waals surface area contributed by atoms with Gasteiger partial charge in [0, 0.05) is 6.61 Å². The van der Waals surface area contributed by atoms with Crippen molar-refractivity contribution in [2.75, 3.05) is 6.61 Å². The first-order valence-electron chi connectivity index (χ1n) is 4.01. The second-order valence-electron chi connectivity index (χ2n) is 3.39. The van der Waals surface area contributed by atoms with Gasteiger partial charge < -0.3 is 14.6 Å². The lowest BCUT2D eigenvalue weighted by molar-refractivity contribution is -0.145. The van der Waals surface area contributed by atoms with Crippen LogP contribution in [-0.4, -0.2) is 29.7 Å². The minimum Gasteiger partial charge on any atom is -0.396 e. The largest absolute Gasteiger partial charge is 0.396 e. The van der Waals surface area contributed by atoms with E-state index < -0.39 is 5.79 Å². The second kappa shape index (κ2) is 3.09. The molecule has 2 atom stereocenters. The van der Waals surface area contributed by atoms with Crippen LogP contribution >= 0.6 is 0 Å². The summed E-state index contributed by atoms with van der Waals surface area (Å²) < 4.78 is 11.0. The van der Waals surface area contributed by atoms with Crippen molar-refractivity contribution in [3.8, 4) is 0 Å². The summed E-state index contributed by atoms with van der Waals surface area (Å²) in [5.41, 5.74) is 0. The van der Waals surface area contributed by atoms with Gasteiger partial charge in [-0.1, -0.05) is 0 Å². The van der Waals surface area contributed by atoms with Gasteiger partial charge in [-0.2, -0.15) is 0 Å². The van der Waals surface area contributed by atoms with Crippen LogP contribution in [0.5, 0.6) is 0 Å². The first kappa shape index (κ1) is 8.97. The van der Waals surface area contributed by atoms with Crippen LogP contribution in [0.25, 0.3) is 0 Å². The molecule has 0 aromatic heterocycles. The van der Waals surface area contributed by atoms with Crippen molar-refractivity contribution < 1.29 is 14.6 Å². The lowest BCUT2D eigenvalue weighted by atomic mass is 10.2. The lowest BCUT2D eigenvalue weighted by Crippen LogP contribution is -2.22. The van der Waals surface area contributed by atoms with Gasteiger partial charge in [0.25, 0.3) is 0 Å². The highest BCUT2D eigenvalue weighted by Gasteiger charge is 2.37. The van der Waals surface area contributed by atoms with Gasteiger partial charge in [0.2, 0.25) is 0 Å². The minimum atomic E-state index is -0.473. The topological polar surface area (TPSA) is 38.7 Å². The van der Waals surface area contributed by atoms with Gasteiger partial charge in [-0.15, -0.1) is 0 Å².